The van der Waals surface area contributed by atoms with E-state index >= 15 is 0 Å². The molecule has 0 rings (SSSR count). The second kappa shape index (κ2) is 4.85. The quantitative estimate of drug-likeness (QED) is 0.118. The predicted molar refractivity (Wildman–Crippen MR) is 34.6 cm³/mol. The third-order valence-electron chi connectivity index (χ3n) is 0.654. The second-order valence-electron chi connectivity index (χ2n) is 1.25. The molecule has 0 saturated carbocycles. The summed E-state index contributed by atoms with van der Waals surface area (Å²) >= 11 is 0. The van der Waals surface area contributed by atoms with E-state index in [9.17, 15) is 10.1 Å². The Balaban J connectivity index is 4.91. The molecule has 0 heterocycles. The summed E-state index contributed by atoms with van der Waals surface area (Å²) < 4.78 is 0. The molecule has 0 aromatic carbocycles. The number of azide groups is 1. The van der Waals surface area contributed by atoms with Crippen molar-refractivity contribution >= 4 is 0 Å². The van der Waals surface area contributed by atoms with E-state index in [1.165, 1.54) is 0 Å². The summed E-state index contributed by atoms with van der Waals surface area (Å²) in [6.07, 6.45) is 1.00. The maximum absolute atomic E-state index is 10.0. The van der Waals surface area contributed by atoms with E-state index in [4.69, 9.17) is 16.3 Å². The minimum absolute atomic E-state index is 0.153. The van der Waals surface area contributed by atoms with Gasteiger partial charge in [0.2, 0.25) is 5.03 Å². The lowest BCUT2D eigenvalue weighted by Crippen LogP contribution is -2.35. The molecule has 13 heavy (non-hydrogen) atoms. The van der Waals surface area contributed by atoms with Crippen LogP contribution in [0.2, 0.25) is 0 Å². The van der Waals surface area contributed by atoms with Crippen molar-refractivity contribution in [3.8, 4) is 6.19 Å². The Hall–Kier alpha value is -2.89. The fourth-order valence-electron chi connectivity index (χ4n) is 0.307. The van der Waals surface area contributed by atoms with E-state index < -0.39 is 5.03 Å². The highest BCUT2D eigenvalue weighted by atomic mass is 16.7. The first kappa shape index (κ1) is 10.1. The van der Waals surface area contributed by atoms with Crippen molar-refractivity contribution in [3.05, 3.63) is 31.0 Å². The molecule has 0 aliphatic rings. The van der Waals surface area contributed by atoms with Crippen LogP contribution in [0.25, 0.3) is 20.9 Å². The fraction of sp³-hybridized carbons (Fsp3) is 0. The van der Waals surface area contributed by atoms with E-state index in [1.54, 1.807) is 0 Å². The van der Waals surface area contributed by atoms with Gasteiger partial charge in [-0.05, 0) is 0 Å². The second-order valence-corrected chi connectivity index (χ2v) is 1.25. The Labute approximate surface area is 69.5 Å². The van der Waals surface area contributed by atoms with Gasteiger partial charge >= 0.3 is 0 Å². The van der Waals surface area contributed by atoms with Gasteiger partial charge in [0.05, 0.1) is 0 Å². The minimum Gasteiger partial charge on any atom is -0.231 e. The summed E-state index contributed by atoms with van der Waals surface area (Å²) in [5, 5.41) is 21.6. The van der Waals surface area contributed by atoms with E-state index in [-0.39, 0.29) is 10.3 Å². The molecule has 0 fully saturated rings. The Morgan fingerprint density at radius 1 is 1.46 bits per heavy atom. The van der Waals surface area contributed by atoms with Crippen molar-refractivity contribution in [1.82, 2.24) is 10.3 Å². The lowest BCUT2D eigenvalue weighted by Gasteiger charge is -2.05. The zero-order valence-electron chi connectivity index (χ0n) is 5.79. The monoisotopic (exact) mass is 184 g/mol. The standard InChI is InChI=1S/CN10O2/c2-1-9(11(12)13)10(7-5-3)8-6-4. The first-order valence-corrected chi connectivity index (χ1v) is 2.41. The number of nitro groups is 1. The van der Waals surface area contributed by atoms with Crippen LogP contribution in [0.1, 0.15) is 0 Å². The topological polar surface area (TPSA) is 171 Å². The van der Waals surface area contributed by atoms with Crippen molar-refractivity contribution in [3.63, 3.8) is 0 Å². The molecule has 0 spiro atoms. The number of rotatable bonds is 4. The molecule has 66 valence electrons. The number of hydrogen-bond donors (Lipinski definition) is 0. The van der Waals surface area contributed by atoms with Crippen molar-refractivity contribution in [1.29, 1.82) is 5.26 Å². The largest absolute Gasteiger partial charge is 0.296 e. The Morgan fingerprint density at radius 3 is 2.15 bits per heavy atom. The SMILES string of the molecule is N#CN(N(N=[N+]=[N-])N=[N+]=[N-])[N+](=O)[O-]. The van der Waals surface area contributed by atoms with Crippen LogP contribution in [0.15, 0.2) is 10.4 Å². The molecule has 0 N–H and O–H groups in total. The van der Waals surface area contributed by atoms with Crippen molar-refractivity contribution in [2.24, 2.45) is 10.4 Å². The summed E-state index contributed by atoms with van der Waals surface area (Å²) in [7, 11) is 0. The highest BCUT2D eigenvalue weighted by Gasteiger charge is 2.25. The average molecular weight is 184 g/mol. The Bertz CT molecular complexity index is 307. The van der Waals surface area contributed by atoms with Crippen LogP contribution in [0.4, 0.5) is 0 Å². The minimum atomic E-state index is -1.23. The molecular formula is CN10O2. The Kier molecular flexibility index (Phi) is 3.78. The zero-order chi connectivity index (χ0) is 10.3. The molecule has 0 bridgehead atoms. The summed E-state index contributed by atoms with van der Waals surface area (Å²) in [4.78, 5) is 14.2. The molecular weight excluding hydrogens is 184 g/mol. The Morgan fingerprint density at radius 2 is 1.92 bits per heavy atom. The number of hydrazine groups is 2. The van der Waals surface area contributed by atoms with Crippen LogP contribution in [-0.4, -0.2) is 15.4 Å². The van der Waals surface area contributed by atoms with Gasteiger partial charge in [-0.1, -0.05) is 0 Å². The van der Waals surface area contributed by atoms with Gasteiger partial charge in [-0.3, -0.25) is 0 Å². The fourth-order valence-corrected chi connectivity index (χ4v) is 0.307. The molecule has 0 aliphatic carbocycles. The number of nitriles is 1. The summed E-state index contributed by atoms with van der Waals surface area (Å²) in [6.45, 7) is 0. The van der Waals surface area contributed by atoms with Crippen LogP contribution < -0.4 is 0 Å². The van der Waals surface area contributed by atoms with Gasteiger partial charge in [-0.25, -0.2) is 10.1 Å². The van der Waals surface area contributed by atoms with Gasteiger partial charge in [0.25, 0.3) is 6.19 Å². The molecule has 0 radical (unpaired) electrons. The van der Waals surface area contributed by atoms with Crippen molar-refractivity contribution < 1.29 is 5.03 Å². The molecule has 12 nitrogen and oxygen atoms in total. The summed E-state index contributed by atoms with van der Waals surface area (Å²) in [5.41, 5.74) is 15.7. The smallest absolute Gasteiger partial charge is 0.231 e. The van der Waals surface area contributed by atoms with Gasteiger partial charge in [0, 0.05) is 15.7 Å². The van der Waals surface area contributed by atoms with Gasteiger partial charge in [-0.15, -0.1) is 11.1 Å². The molecule has 0 unspecified atom stereocenters. The maximum Gasteiger partial charge on any atom is 0.296 e. The first-order valence-electron chi connectivity index (χ1n) is 2.41. The van der Waals surface area contributed by atoms with Gasteiger partial charge in [0.1, 0.15) is 0 Å². The van der Waals surface area contributed by atoms with Gasteiger partial charge in [0.15, 0.2) is 5.12 Å². The van der Waals surface area contributed by atoms with E-state index in [1.807, 2.05) is 0 Å². The average Bonchev–Trinajstić information content (AvgIpc) is 2.05. The predicted octanol–water partition coefficient (Wildman–Crippen LogP) is 0.629. The first-order chi connectivity index (χ1) is 6.17. The van der Waals surface area contributed by atoms with Crippen molar-refractivity contribution in [2.45, 2.75) is 0 Å². The summed E-state index contributed by atoms with van der Waals surface area (Å²) in [6, 6.07) is 0. The number of hydrogen-bond acceptors (Lipinski definition) is 5. The van der Waals surface area contributed by atoms with Crippen LogP contribution in [-0.2, 0) is 0 Å². The third-order valence-corrected chi connectivity index (χ3v) is 0.654. The van der Waals surface area contributed by atoms with E-state index in [2.05, 4.69) is 20.3 Å². The summed E-state index contributed by atoms with van der Waals surface area (Å²) in [5.74, 6) is 0. The van der Waals surface area contributed by atoms with Gasteiger partial charge in [-0.2, -0.15) is 15.1 Å². The van der Waals surface area contributed by atoms with E-state index in [0.717, 1.165) is 6.19 Å². The van der Waals surface area contributed by atoms with Gasteiger partial charge < -0.3 is 0 Å². The lowest BCUT2D eigenvalue weighted by atomic mass is 11.3. The van der Waals surface area contributed by atoms with Crippen LogP contribution in [0.3, 0.4) is 0 Å². The van der Waals surface area contributed by atoms with Crippen LogP contribution in [0.5, 0.6) is 0 Å². The molecule has 0 saturated heterocycles. The molecule has 0 aromatic heterocycles. The molecule has 0 aromatic rings. The molecule has 0 aliphatic heterocycles. The third kappa shape index (κ3) is 2.68. The maximum atomic E-state index is 10.0. The van der Waals surface area contributed by atoms with Crippen LogP contribution >= 0.6 is 0 Å². The highest BCUT2D eigenvalue weighted by Crippen LogP contribution is 1.99. The molecule has 12 heteroatoms. The lowest BCUT2D eigenvalue weighted by molar-refractivity contribution is -0.680. The highest BCUT2D eigenvalue weighted by molar-refractivity contribution is 4.59. The normalized spacial score (nSPS) is 7.00. The van der Waals surface area contributed by atoms with Crippen molar-refractivity contribution in [2.75, 3.05) is 0 Å². The van der Waals surface area contributed by atoms with E-state index in [0.29, 0.717) is 0 Å². The zero-order valence-corrected chi connectivity index (χ0v) is 5.79. The number of nitrogens with zero attached hydrogens (tertiary/aromatic N) is 10. The molecule has 0 amide bonds. The molecule has 0 atom stereocenters. The van der Waals surface area contributed by atoms with Crippen LogP contribution in [0, 0.1) is 21.6 Å².